The van der Waals surface area contributed by atoms with Crippen molar-refractivity contribution in [3.63, 3.8) is 0 Å². The number of carbonyl (C=O) groups excluding carboxylic acids is 1. The smallest absolute Gasteiger partial charge is 0.139 e. The standard InChI is InChI=1S/C19H28O3/c1-18-8-7-16-14(15(18)4-5-17(18)22)3-2-12-10-13(21)6-9-19(12,16)11-20/h2,13-16,20-21H,3-11H2,1H3/t13-,14-,15?,16?,18-,19+/m1/s1. The quantitative estimate of drug-likeness (QED) is 0.732. The van der Waals surface area contributed by atoms with Crippen molar-refractivity contribution < 1.29 is 15.0 Å². The maximum Gasteiger partial charge on any atom is 0.139 e. The van der Waals surface area contributed by atoms with Gasteiger partial charge in [-0.1, -0.05) is 18.6 Å². The molecule has 0 amide bonds. The summed E-state index contributed by atoms with van der Waals surface area (Å²) in [6.45, 7) is 2.41. The average molecular weight is 304 g/mol. The molecular weight excluding hydrogens is 276 g/mol. The molecule has 0 aromatic carbocycles. The number of hydrogen-bond acceptors (Lipinski definition) is 3. The fraction of sp³-hybridized carbons (Fsp3) is 0.842. The second-order valence-corrected chi connectivity index (χ2v) is 8.47. The van der Waals surface area contributed by atoms with E-state index in [2.05, 4.69) is 13.0 Å². The fourth-order valence-electron chi connectivity index (χ4n) is 6.50. The summed E-state index contributed by atoms with van der Waals surface area (Å²) in [6, 6.07) is 0. The summed E-state index contributed by atoms with van der Waals surface area (Å²) in [6.07, 6.45) is 9.45. The van der Waals surface area contributed by atoms with Gasteiger partial charge in [-0.15, -0.1) is 0 Å². The van der Waals surface area contributed by atoms with Crippen molar-refractivity contribution in [1.29, 1.82) is 0 Å². The van der Waals surface area contributed by atoms with E-state index in [1.165, 1.54) is 5.57 Å². The van der Waals surface area contributed by atoms with Gasteiger partial charge in [0.05, 0.1) is 12.7 Å². The summed E-state index contributed by atoms with van der Waals surface area (Å²) >= 11 is 0. The molecule has 0 aromatic heterocycles. The number of hydrogen-bond donors (Lipinski definition) is 2. The minimum Gasteiger partial charge on any atom is -0.395 e. The molecule has 0 bridgehead atoms. The lowest BCUT2D eigenvalue weighted by Crippen LogP contribution is -2.53. The highest BCUT2D eigenvalue weighted by Gasteiger charge is 2.59. The molecule has 3 heteroatoms. The molecule has 0 aliphatic heterocycles. The van der Waals surface area contributed by atoms with Crippen LogP contribution in [0.3, 0.4) is 0 Å². The molecule has 0 spiro atoms. The van der Waals surface area contributed by atoms with Crippen LogP contribution in [0.4, 0.5) is 0 Å². The van der Waals surface area contributed by atoms with Crippen LogP contribution in [0.15, 0.2) is 11.6 Å². The first-order chi connectivity index (χ1) is 10.5. The Hall–Kier alpha value is -0.670. The minimum absolute atomic E-state index is 0.0999. The molecule has 0 radical (unpaired) electrons. The zero-order chi connectivity index (χ0) is 15.5. The number of ketones is 1. The van der Waals surface area contributed by atoms with Gasteiger partial charge >= 0.3 is 0 Å². The molecule has 4 aliphatic carbocycles. The fourth-order valence-corrected chi connectivity index (χ4v) is 6.50. The lowest BCUT2D eigenvalue weighted by atomic mass is 9.47. The monoisotopic (exact) mass is 304 g/mol. The lowest BCUT2D eigenvalue weighted by Gasteiger charge is -2.57. The first kappa shape index (κ1) is 14.9. The van der Waals surface area contributed by atoms with Crippen LogP contribution in [0.5, 0.6) is 0 Å². The van der Waals surface area contributed by atoms with Crippen LogP contribution < -0.4 is 0 Å². The Bertz CT molecular complexity index is 525. The molecule has 0 aromatic rings. The van der Waals surface area contributed by atoms with Crippen molar-refractivity contribution >= 4 is 5.78 Å². The van der Waals surface area contributed by atoms with Crippen LogP contribution in [-0.4, -0.2) is 28.7 Å². The van der Waals surface area contributed by atoms with Crippen molar-refractivity contribution in [2.45, 2.75) is 64.4 Å². The summed E-state index contributed by atoms with van der Waals surface area (Å²) in [5, 5.41) is 20.3. The highest BCUT2D eigenvalue weighted by atomic mass is 16.3. The van der Waals surface area contributed by atoms with Crippen LogP contribution in [0.2, 0.25) is 0 Å². The third-order valence-corrected chi connectivity index (χ3v) is 7.79. The Morgan fingerprint density at radius 3 is 2.82 bits per heavy atom. The van der Waals surface area contributed by atoms with Crippen LogP contribution in [0.25, 0.3) is 0 Å². The first-order valence-electron chi connectivity index (χ1n) is 9.03. The average Bonchev–Trinajstić information content (AvgIpc) is 2.82. The van der Waals surface area contributed by atoms with Crippen molar-refractivity contribution in [1.82, 2.24) is 0 Å². The van der Waals surface area contributed by atoms with Crippen LogP contribution in [-0.2, 0) is 4.79 Å². The molecule has 6 atom stereocenters. The maximum absolute atomic E-state index is 12.4. The molecule has 3 fully saturated rings. The van der Waals surface area contributed by atoms with Gasteiger partial charge in [0.1, 0.15) is 5.78 Å². The van der Waals surface area contributed by atoms with E-state index in [1.54, 1.807) is 0 Å². The molecule has 0 heterocycles. The molecule has 0 saturated heterocycles. The number of rotatable bonds is 1. The lowest BCUT2D eigenvalue weighted by molar-refractivity contribution is -0.133. The van der Waals surface area contributed by atoms with Gasteiger partial charge in [0, 0.05) is 17.3 Å². The van der Waals surface area contributed by atoms with Gasteiger partial charge in [-0.2, -0.15) is 0 Å². The van der Waals surface area contributed by atoms with Crippen LogP contribution in [0, 0.1) is 28.6 Å². The molecule has 2 N–H and O–H groups in total. The largest absolute Gasteiger partial charge is 0.395 e. The number of aliphatic hydroxyl groups is 2. The molecule has 3 nitrogen and oxygen atoms in total. The minimum atomic E-state index is -0.232. The topological polar surface area (TPSA) is 57.5 Å². The summed E-state index contributed by atoms with van der Waals surface area (Å²) in [7, 11) is 0. The molecule has 3 saturated carbocycles. The number of aliphatic hydroxyl groups excluding tert-OH is 2. The van der Waals surface area contributed by atoms with E-state index in [1.807, 2.05) is 0 Å². The van der Waals surface area contributed by atoms with E-state index in [-0.39, 0.29) is 23.5 Å². The van der Waals surface area contributed by atoms with Crippen LogP contribution in [0.1, 0.15) is 58.3 Å². The zero-order valence-corrected chi connectivity index (χ0v) is 13.6. The first-order valence-corrected chi connectivity index (χ1v) is 9.03. The molecule has 22 heavy (non-hydrogen) atoms. The zero-order valence-electron chi connectivity index (χ0n) is 13.6. The number of Topliss-reactive ketones (excluding diaryl/α,β-unsaturated/α-hetero) is 1. The van der Waals surface area contributed by atoms with E-state index >= 15 is 0 Å². The van der Waals surface area contributed by atoms with Gasteiger partial charge < -0.3 is 10.2 Å². The van der Waals surface area contributed by atoms with Gasteiger partial charge in [-0.05, 0) is 62.7 Å². The van der Waals surface area contributed by atoms with Crippen LogP contribution >= 0.6 is 0 Å². The van der Waals surface area contributed by atoms with Gasteiger partial charge in [-0.3, -0.25) is 4.79 Å². The number of allylic oxidation sites excluding steroid dienone is 1. The summed E-state index contributed by atoms with van der Waals surface area (Å²) in [5.41, 5.74) is 1.11. The summed E-state index contributed by atoms with van der Waals surface area (Å²) in [5.74, 6) is 2.04. The van der Waals surface area contributed by atoms with Gasteiger partial charge in [0.2, 0.25) is 0 Å². The second-order valence-electron chi connectivity index (χ2n) is 8.47. The van der Waals surface area contributed by atoms with Crippen molar-refractivity contribution in [2.24, 2.45) is 28.6 Å². The highest BCUT2D eigenvalue weighted by Crippen LogP contribution is 2.63. The Morgan fingerprint density at radius 1 is 1.23 bits per heavy atom. The highest BCUT2D eigenvalue weighted by molar-refractivity contribution is 5.87. The van der Waals surface area contributed by atoms with Crippen molar-refractivity contribution in [3.8, 4) is 0 Å². The predicted molar refractivity (Wildman–Crippen MR) is 84.1 cm³/mol. The molecule has 122 valence electrons. The number of carbonyl (C=O) groups is 1. The normalized spacial score (nSPS) is 50.9. The van der Waals surface area contributed by atoms with E-state index in [0.717, 1.165) is 51.4 Å². The number of fused-ring (bicyclic) bond motifs is 5. The van der Waals surface area contributed by atoms with Gasteiger partial charge in [0.15, 0.2) is 0 Å². The van der Waals surface area contributed by atoms with Gasteiger partial charge in [-0.25, -0.2) is 0 Å². The molecular formula is C19H28O3. The second kappa shape index (κ2) is 4.91. The molecule has 4 aliphatic rings. The van der Waals surface area contributed by atoms with Crippen molar-refractivity contribution in [2.75, 3.05) is 6.61 Å². The Balaban J connectivity index is 1.72. The molecule has 4 rings (SSSR count). The van der Waals surface area contributed by atoms with Gasteiger partial charge in [0.25, 0.3) is 0 Å². The Labute approximate surface area is 132 Å². The Kier molecular flexibility index (Phi) is 3.32. The predicted octanol–water partition coefficient (Wildman–Crippen LogP) is 2.85. The van der Waals surface area contributed by atoms with Crippen molar-refractivity contribution in [3.05, 3.63) is 11.6 Å². The maximum atomic E-state index is 12.4. The summed E-state index contributed by atoms with van der Waals surface area (Å²) < 4.78 is 0. The third kappa shape index (κ3) is 1.78. The van der Waals surface area contributed by atoms with E-state index < -0.39 is 0 Å². The van der Waals surface area contributed by atoms with E-state index in [0.29, 0.717) is 23.5 Å². The molecule has 2 unspecified atom stereocenters. The van der Waals surface area contributed by atoms with E-state index in [4.69, 9.17) is 0 Å². The SMILES string of the molecule is C[C@@]12CCC3[C@H](CC=C4C[C@H](O)CC[C@]43CO)C1CCC2=O. The Morgan fingerprint density at radius 2 is 2.05 bits per heavy atom. The van der Waals surface area contributed by atoms with E-state index in [9.17, 15) is 15.0 Å². The summed E-state index contributed by atoms with van der Waals surface area (Å²) in [4.78, 5) is 12.4. The third-order valence-electron chi connectivity index (χ3n) is 7.79.